The van der Waals surface area contributed by atoms with Crippen molar-refractivity contribution < 1.29 is 4.42 Å². The number of rotatable bonds is 3. The lowest BCUT2D eigenvalue weighted by Crippen LogP contribution is -2.61. The maximum atomic E-state index is 7.93. The number of fused-ring (bicyclic) bond motifs is 8. The summed E-state index contributed by atoms with van der Waals surface area (Å²) < 4.78 is 7.93. The Bertz CT molecular complexity index is 3240. The molecule has 0 atom stereocenters. The first-order valence-corrected chi connectivity index (χ1v) is 27.8. The Morgan fingerprint density at radius 1 is 0.472 bits per heavy atom. The summed E-state index contributed by atoms with van der Waals surface area (Å²) in [4.78, 5) is 5.40. The van der Waals surface area contributed by atoms with E-state index in [9.17, 15) is 0 Å². The molecule has 72 heavy (non-hydrogen) atoms. The molecular formula is C68H85BN2O. The van der Waals surface area contributed by atoms with Gasteiger partial charge in [-0.1, -0.05) is 167 Å². The number of anilines is 6. The van der Waals surface area contributed by atoms with E-state index < -0.39 is 0 Å². The minimum absolute atomic E-state index is 0.0326. The average molecular weight is 957 g/mol. The fourth-order valence-corrected chi connectivity index (χ4v) is 14.1. The smallest absolute Gasteiger partial charge is 0.297 e. The summed E-state index contributed by atoms with van der Waals surface area (Å²) in [6, 6.07) is 32.5. The van der Waals surface area contributed by atoms with Gasteiger partial charge >= 0.3 is 0 Å². The molecule has 4 heteroatoms. The van der Waals surface area contributed by atoms with Gasteiger partial charge < -0.3 is 14.2 Å². The maximum Gasteiger partial charge on any atom is 0.297 e. The third kappa shape index (κ3) is 7.31. The van der Waals surface area contributed by atoms with E-state index in [2.05, 4.69) is 227 Å². The van der Waals surface area contributed by atoms with Gasteiger partial charge in [-0.15, -0.1) is 0 Å². The van der Waals surface area contributed by atoms with Crippen molar-refractivity contribution in [2.45, 2.75) is 220 Å². The van der Waals surface area contributed by atoms with Gasteiger partial charge in [0, 0.05) is 39.3 Å². The molecule has 0 fully saturated rings. The van der Waals surface area contributed by atoms with Gasteiger partial charge in [-0.25, -0.2) is 0 Å². The van der Waals surface area contributed by atoms with Crippen LogP contribution in [0.2, 0.25) is 0 Å². The minimum Gasteiger partial charge on any atom is -0.472 e. The molecule has 3 heterocycles. The van der Waals surface area contributed by atoms with E-state index >= 15 is 0 Å². The van der Waals surface area contributed by atoms with Gasteiger partial charge in [-0.3, -0.25) is 0 Å². The SMILES string of the molecule is Cc1cc2c3c(c1)N(c1c(C)cc(C(C)(C)C)cc1-c1ccc4c(c1)C(C)(C)CCC4(C)C)c1c(oc4c1C(C)(C)CCC4(C)C)B3c1cc3c(cc1N2c1ccc(C(C)(C)C)cc1)C(C)(C)CCC3(C)C. The maximum absolute atomic E-state index is 7.93. The van der Waals surface area contributed by atoms with Crippen molar-refractivity contribution in [1.29, 1.82) is 0 Å². The van der Waals surface area contributed by atoms with E-state index in [1.807, 2.05) is 0 Å². The zero-order chi connectivity index (χ0) is 52.0. The molecule has 0 bridgehead atoms. The Balaban J connectivity index is 1.29. The van der Waals surface area contributed by atoms with Crippen molar-refractivity contribution in [2.24, 2.45) is 0 Å². The number of hydrogen-bond donors (Lipinski definition) is 0. The van der Waals surface area contributed by atoms with E-state index in [0.717, 1.165) is 24.9 Å². The number of furan rings is 1. The lowest BCUT2D eigenvalue weighted by molar-refractivity contribution is 0.282. The first-order valence-electron chi connectivity index (χ1n) is 27.8. The van der Waals surface area contributed by atoms with Crippen LogP contribution in [0.1, 0.15) is 219 Å². The summed E-state index contributed by atoms with van der Waals surface area (Å²) >= 11 is 0. The summed E-state index contributed by atoms with van der Waals surface area (Å²) in [5.74, 6) is 1.17. The van der Waals surface area contributed by atoms with Crippen molar-refractivity contribution in [3.63, 3.8) is 0 Å². The highest BCUT2D eigenvalue weighted by Gasteiger charge is 2.54. The Kier molecular flexibility index (Phi) is 10.5. The largest absolute Gasteiger partial charge is 0.472 e. The van der Waals surface area contributed by atoms with Gasteiger partial charge in [0.2, 0.25) is 0 Å². The van der Waals surface area contributed by atoms with Crippen LogP contribution < -0.4 is 26.4 Å². The van der Waals surface area contributed by atoms with Crippen LogP contribution >= 0.6 is 0 Å². The molecule has 5 aliphatic rings. The highest BCUT2D eigenvalue weighted by molar-refractivity contribution is 6.99. The lowest BCUT2D eigenvalue weighted by atomic mass is 9.35. The zero-order valence-electron chi connectivity index (χ0n) is 48.1. The minimum atomic E-state index is -0.135. The molecule has 3 nitrogen and oxygen atoms in total. The van der Waals surface area contributed by atoms with Crippen molar-refractivity contribution in [2.75, 3.05) is 9.80 Å². The van der Waals surface area contributed by atoms with Crippen LogP contribution in [0.3, 0.4) is 0 Å². The standard InChI is InChI=1S/C68H85BN2O/c1-40-33-53-56-54(34-40)71(57-41(2)35-44(62(6,7)8)37-46(57)42-21-26-47-48(36-42)64(11,12)28-27-63(47,9)10)58-55-59(68(19,20)32-31-67(55,17)18)72-60(58)69(56)51-38-49-50(66(15,16)30-29-65(49,13)14)39-52(51)70(53)45-24-22-43(23-25-45)61(3,4)5/h21-26,33-39H,27-32H2,1-20H3. The van der Waals surface area contributed by atoms with Crippen molar-refractivity contribution in [3.8, 4) is 11.1 Å². The van der Waals surface area contributed by atoms with Crippen LogP contribution in [0.25, 0.3) is 11.1 Å². The topological polar surface area (TPSA) is 19.6 Å². The zero-order valence-corrected chi connectivity index (χ0v) is 48.1. The number of benzene rings is 5. The second-order valence-corrected chi connectivity index (χ2v) is 29.6. The predicted octanol–water partition coefficient (Wildman–Crippen LogP) is 17.3. The summed E-state index contributed by atoms with van der Waals surface area (Å²) in [5, 5.41) is 0. The van der Waals surface area contributed by atoms with E-state index in [0.29, 0.717) is 0 Å². The third-order valence-electron chi connectivity index (χ3n) is 19.2. The second-order valence-electron chi connectivity index (χ2n) is 29.6. The van der Waals surface area contributed by atoms with Crippen molar-refractivity contribution in [1.82, 2.24) is 0 Å². The average Bonchev–Trinajstić information content (AvgIpc) is 3.71. The molecule has 6 aromatic rings. The summed E-state index contributed by atoms with van der Waals surface area (Å²) in [5.41, 5.74) is 26.6. The molecule has 0 radical (unpaired) electrons. The van der Waals surface area contributed by atoms with Crippen LogP contribution in [0, 0.1) is 13.8 Å². The fraction of sp³-hybridized carbons (Fsp3) is 0.500. The first kappa shape index (κ1) is 49.3. The summed E-state index contributed by atoms with van der Waals surface area (Å²) in [7, 11) is 0. The van der Waals surface area contributed by atoms with Crippen molar-refractivity contribution >= 4 is 57.4 Å². The molecule has 3 aliphatic carbocycles. The van der Waals surface area contributed by atoms with Crippen molar-refractivity contribution in [3.05, 3.63) is 135 Å². The van der Waals surface area contributed by atoms with Gasteiger partial charge in [0.05, 0.1) is 17.0 Å². The van der Waals surface area contributed by atoms with Crippen LogP contribution in [-0.2, 0) is 43.3 Å². The summed E-state index contributed by atoms with van der Waals surface area (Å²) in [6.07, 6.45) is 6.88. The van der Waals surface area contributed by atoms with E-state index in [1.165, 1.54) is 131 Å². The van der Waals surface area contributed by atoms with Crippen LogP contribution in [-0.4, -0.2) is 6.71 Å². The lowest BCUT2D eigenvalue weighted by Gasteiger charge is -2.47. The Labute approximate surface area is 435 Å². The van der Waals surface area contributed by atoms with Crippen LogP contribution in [0.4, 0.5) is 34.1 Å². The molecule has 2 aliphatic heterocycles. The summed E-state index contributed by atoms with van der Waals surface area (Å²) in [6.45, 7) is 48.4. The highest BCUT2D eigenvalue weighted by Crippen LogP contribution is 2.58. The first-order chi connectivity index (χ1) is 33.2. The van der Waals surface area contributed by atoms with Gasteiger partial charge in [-0.05, 0) is 188 Å². The highest BCUT2D eigenvalue weighted by atomic mass is 16.3. The van der Waals surface area contributed by atoms with Gasteiger partial charge in [-0.2, -0.15) is 0 Å². The molecule has 0 amide bonds. The fourth-order valence-electron chi connectivity index (χ4n) is 14.1. The quantitative estimate of drug-likeness (QED) is 0.165. The molecule has 0 unspecified atom stereocenters. The van der Waals surface area contributed by atoms with Gasteiger partial charge in [0.1, 0.15) is 5.76 Å². The normalized spacial score (nSPS) is 20.5. The number of hydrogen-bond acceptors (Lipinski definition) is 3. The van der Waals surface area contributed by atoms with E-state index in [1.54, 1.807) is 0 Å². The van der Waals surface area contributed by atoms with Crippen LogP contribution in [0.5, 0.6) is 0 Å². The number of aryl methyl sites for hydroxylation is 2. The van der Waals surface area contributed by atoms with Gasteiger partial charge in [0.25, 0.3) is 6.71 Å². The van der Waals surface area contributed by atoms with Gasteiger partial charge in [0.15, 0.2) is 0 Å². The number of nitrogens with zero attached hydrogens (tertiary/aromatic N) is 2. The molecular weight excluding hydrogens is 872 g/mol. The Morgan fingerprint density at radius 3 is 1.57 bits per heavy atom. The molecule has 0 spiro atoms. The second kappa shape index (κ2) is 15.3. The molecule has 0 N–H and O–H groups in total. The molecule has 0 saturated carbocycles. The third-order valence-corrected chi connectivity index (χ3v) is 19.2. The molecule has 5 aromatic carbocycles. The predicted molar refractivity (Wildman–Crippen MR) is 311 cm³/mol. The Morgan fingerprint density at radius 2 is 0.986 bits per heavy atom. The van der Waals surface area contributed by atoms with E-state index in [4.69, 9.17) is 4.42 Å². The molecule has 11 rings (SSSR count). The molecule has 1 aromatic heterocycles. The monoisotopic (exact) mass is 957 g/mol. The van der Waals surface area contributed by atoms with Crippen LogP contribution in [0.15, 0.2) is 83.3 Å². The molecule has 376 valence electrons. The molecule has 0 saturated heterocycles. The Hall–Kier alpha value is -4.96. The van der Waals surface area contributed by atoms with E-state index in [-0.39, 0.29) is 50.0 Å².